The summed E-state index contributed by atoms with van der Waals surface area (Å²) in [6, 6.07) is 18.1. The molecule has 11 heteroatoms. The molecular weight excluding hydrogens is 569 g/mol. The van der Waals surface area contributed by atoms with Crippen molar-refractivity contribution in [1.29, 1.82) is 0 Å². The Kier molecular flexibility index (Phi) is 10.4. The minimum atomic E-state index is -4.23. The molecule has 38 heavy (non-hydrogen) atoms. The van der Waals surface area contributed by atoms with E-state index in [0.29, 0.717) is 22.2 Å². The predicted octanol–water partition coefficient (Wildman–Crippen LogP) is 5.79. The Hall–Kier alpha value is -2.78. The maximum Gasteiger partial charge on any atom is 0.264 e. The predicted molar refractivity (Wildman–Crippen MR) is 152 cm³/mol. The zero-order valence-electron chi connectivity index (χ0n) is 20.9. The Morgan fingerprint density at radius 2 is 1.58 bits per heavy atom. The zero-order valence-corrected chi connectivity index (χ0v) is 24.0. The van der Waals surface area contributed by atoms with E-state index in [0.717, 1.165) is 10.7 Å². The first-order chi connectivity index (χ1) is 18.1. The van der Waals surface area contributed by atoms with Crippen molar-refractivity contribution in [2.75, 3.05) is 17.4 Å². The fourth-order valence-electron chi connectivity index (χ4n) is 3.71. The fourth-order valence-corrected chi connectivity index (χ4v) is 5.92. The van der Waals surface area contributed by atoms with E-state index in [2.05, 4.69) is 5.32 Å². The number of anilines is 1. The highest BCUT2D eigenvalue weighted by Gasteiger charge is 2.33. The van der Waals surface area contributed by atoms with E-state index < -0.39 is 28.5 Å². The van der Waals surface area contributed by atoms with Crippen LogP contribution in [0.5, 0.6) is 0 Å². The Balaban J connectivity index is 2.05. The zero-order chi connectivity index (χ0) is 27.9. The summed E-state index contributed by atoms with van der Waals surface area (Å²) in [5, 5.41) is 3.57. The Morgan fingerprint density at radius 1 is 0.921 bits per heavy atom. The van der Waals surface area contributed by atoms with Gasteiger partial charge in [-0.3, -0.25) is 13.9 Å². The molecule has 0 aliphatic heterocycles. The molecule has 0 heterocycles. The summed E-state index contributed by atoms with van der Waals surface area (Å²) in [6.45, 7) is 3.32. The quantitative estimate of drug-likeness (QED) is 0.304. The number of nitrogens with zero attached hydrogens (tertiary/aromatic N) is 2. The van der Waals surface area contributed by atoms with Gasteiger partial charge in [0.05, 0.1) is 15.6 Å². The smallest absolute Gasteiger partial charge is 0.264 e. The molecule has 1 atom stereocenters. The fraction of sp³-hybridized carbons (Fsp3) is 0.259. The van der Waals surface area contributed by atoms with Gasteiger partial charge >= 0.3 is 0 Å². The van der Waals surface area contributed by atoms with E-state index in [1.165, 1.54) is 35.2 Å². The van der Waals surface area contributed by atoms with Gasteiger partial charge in [0.1, 0.15) is 12.6 Å². The van der Waals surface area contributed by atoms with Gasteiger partial charge in [0, 0.05) is 23.1 Å². The third-order valence-electron chi connectivity index (χ3n) is 5.80. The summed E-state index contributed by atoms with van der Waals surface area (Å²) in [5.74, 6) is -0.983. The largest absolute Gasteiger partial charge is 0.354 e. The number of carbonyl (C=O) groups is 2. The molecule has 0 fully saturated rings. The Bertz CT molecular complexity index is 1390. The van der Waals surface area contributed by atoms with Gasteiger partial charge in [0.25, 0.3) is 10.0 Å². The van der Waals surface area contributed by atoms with Crippen LogP contribution in [0.1, 0.15) is 25.8 Å². The van der Waals surface area contributed by atoms with Crippen LogP contribution < -0.4 is 9.62 Å². The van der Waals surface area contributed by atoms with E-state index in [4.69, 9.17) is 34.8 Å². The average molecular weight is 597 g/mol. The summed E-state index contributed by atoms with van der Waals surface area (Å²) in [7, 11) is -4.23. The molecular formula is C27H28Cl3N3O4S. The lowest BCUT2D eigenvalue weighted by atomic mass is 10.1. The SMILES string of the molecule is CCCNC(=O)[C@@H](C)N(Cc1ccccc1Cl)C(=O)CN(c1ccc(Cl)cc1Cl)S(=O)(=O)c1ccccc1. The number of sulfonamides is 1. The molecule has 0 unspecified atom stereocenters. The number of halogens is 3. The number of rotatable bonds is 11. The van der Waals surface area contributed by atoms with Crippen LogP contribution in [-0.4, -0.2) is 44.3 Å². The lowest BCUT2D eigenvalue weighted by Gasteiger charge is -2.32. The lowest BCUT2D eigenvalue weighted by molar-refractivity contribution is -0.139. The van der Waals surface area contributed by atoms with Crippen molar-refractivity contribution in [3.8, 4) is 0 Å². The van der Waals surface area contributed by atoms with Crippen molar-refractivity contribution in [3.63, 3.8) is 0 Å². The highest BCUT2D eigenvalue weighted by atomic mass is 35.5. The topological polar surface area (TPSA) is 86.8 Å². The monoisotopic (exact) mass is 595 g/mol. The third-order valence-corrected chi connectivity index (χ3v) is 8.48. The van der Waals surface area contributed by atoms with Gasteiger partial charge in [-0.1, -0.05) is 78.1 Å². The second kappa shape index (κ2) is 13.3. The molecule has 3 rings (SSSR count). The first-order valence-electron chi connectivity index (χ1n) is 11.9. The standard InChI is InChI=1S/C27H28Cl3N3O4S/c1-3-15-31-27(35)19(2)32(17-20-9-7-8-12-23(20)29)26(34)18-33(25-14-13-21(28)16-24(25)30)38(36,37)22-10-5-4-6-11-22/h4-14,16,19H,3,15,17-18H2,1-2H3,(H,31,35)/t19-/m1/s1. The maximum atomic E-state index is 13.8. The van der Waals surface area contributed by atoms with Gasteiger partial charge in [-0.2, -0.15) is 0 Å². The molecule has 0 radical (unpaired) electrons. The first-order valence-corrected chi connectivity index (χ1v) is 14.5. The van der Waals surface area contributed by atoms with Crippen molar-refractivity contribution in [2.24, 2.45) is 0 Å². The molecule has 3 aromatic rings. The normalized spacial score (nSPS) is 12.0. The Labute approximate surface area is 238 Å². The molecule has 0 saturated heterocycles. The Morgan fingerprint density at radius 3 is 2.21 bits per heavy atom. The number of hydrogen-bond donors (Lipinski definition) is 1. The van der Waals surface area contributed by atoms with Crippen molar-refractivity contribution in [2.45, 2.75) is 37.8 Å². The second-order valence-corrected chi connectivity index (χ2v) is 11.6. The molecule has 3 aromatic carbocycles. The number of benzene rings is 3. The van der Waals surface area contributed by atoms with Gasteiger partial charge < -0.3 is 10.2 Å². The number of carbonyl (C=O) groups excluding carboxylic acids is 2. The van der Waals surface area contributed by atoms with Crippen molar-refractivity contribution in [3.05, 3.63) is 93.4 Å². The lowest BCUT2D eigenvalue weighted by Crippen LogP contribution is -2.51. The molecule has 1 N–H and O–H groups in total. The van der Waals surface area contributed by atoms with Crippen LogP contribution in [0.25, 0.3) is 0 Å². The highest BCUT2D eigenvalue weighted by molar-refractivity contribution is 7.92. The van der Waals surface area contributed by atoms with Crippen molar-refractivity contribution in [1.82, 2.24) is 10.2 Å². The molecule has 202 valence electrons. The van der Waals surface area contributed by atoms with E-state index in [-0.39, 0.29) is 28.1 Å². The van der Waals surface area contributed by atoms with Crippen LogP contribution in [0.4, 0.5) is 5.69 Å². The molecule has 2 amide bonds. The van der Waals surface area contributed by atoms with Crippen molar-refractivity contribution >= 4 is 62.3 Å². The van der Waals surface area contributed by atoms with Crippen LogP contribution in [0.15, 0.2) is 77.7 Å². The third kappa shape index (κ3) is 7.20. The van der Waals surface area contributed by atoms with Crippen LogP contribution in [0.2, 0.25) is 15.1 Å². The molecule has 0 aliphatic carbocycles. The second-order valence-electron chi connectivity index (χ2n) is 8.50. The van der Waals surface area contributed by atoms with Crippen LogP contribution >= 0.6 is 34.8 Å². The van der Waals surface area contributed by atoms with Crippen LogP contribution in [0, 0.1) is 0 Å². The summed E-state index contributed by atoms with van der Waals surface area (Å²) in [4.78, 5) is 28.0. The van der Waals surface area contributed by atoms with Crippen LogP contribution in [0.3, 0.4) is 0 Å². The molecule has 0 saturated carbocycles. The van der Waals surface area contributed by atoms with E-state index in [1.54, 1.807) is 49.4 Å². The van der Waals surface area contributed by atoms with Crippen LogP contribution in [-0.2, 0) is 26.2 Å². The van der Waals surface area contributed by atoms with E-state index in [1.807, 2.05) is 6.92 Å². The van der Waals surface area contributed by atoms with Crippen molar-refractivity contribution < 1.29 is 18.0 Å². The number of amides is 2. The number of nitrogens with one attached hydrogen (secondary N) is 1. The minimum absolute atomic E-state index is 0.00715. The number of hydrogen-bond acceptors (Lipinski definition) is 4. The summed E-state index contributed by atoms with van der Waals surface area (Å²) in [6.07, 6.45) is 0.717. The molecule has 7 nitrogen and oxygen atoms in total. The van der Waals surface area contributed by atoms with E-state index >= 15 is 0 Å². The first kappa shape index (κ1) is 29.8. The van der Waals surface area contributed by atoms with Gasteiger partial charge in [0.15, 0.2) is 0 Å². The van der Waals surface area contributed by atoms with Gasteiger partial charge in [-0.05, 0) is 55.3 Å². The molecule has 0 bridgehead atoms. The molecule has 0 spiro atoms. The van der Waals surface area contributed by atoms with E-state index in [9.17, 15) is 18.0 Å². The van der Waals surface area contributed by atoms with Gasteiger partial charge in [-0.25, -0.2) is 8.42 Å². The molecule has 0 aromatic heterocycles. The maximum absolute atomic E-state index is 13.8. The average Bonchev–Trinajstić information content (AvgIpc) is 2.90. The minimum Gasteiger partial charge on any atom is -0.354 e. The summed E-state index contributed by atoms with van der Waals surface area (Å²) in [5.41, 5.74) is 0.689. The summed E-state index contributed by atoms with van der Waals surface area (Å²) < 4.78 is 28.4. The highest BCUT2D eigenvalue weighted by Crippen LogP contribution is 2.33. The summed E-state index contributed by atoms with van der Waals surface area (Å²) >= 11 is 18.8. The molecule has 0 aliphatic rings. The van der Waals surface area contributed by atoms with Gasteiger partial charge in [0.2, 0.25) is 11.8 Å². The van der Waals surface area contributed by atoms with Gasteiger partial charge in [-0.15, -0.1) is 0 Å².